The second kappa shape index (κ2) is 8.49. The standard InChI is InChI=1S/C17H13F3N4OS2/c18-17(19,20)13-6-7-21-16(24-13)27-10-12-9-26-15(23-12)8-14(25)22-11-4-2-1-3-5-11/h1-7,9H,8,10H2,(H,22,25). The maximum Gasteiger partial charge on any atom is 0.433 e. The lowest BCUT2D eigenvalue weighted by Crippen LogP contribution is -2.14. The number of anilines is 1. The molecule has 10 heteroatoms. The summed E-state index contributed by atoms with van der Waals surface area (Å²) in [5, 5.41) is 5.20. The van der Waals surface area contributed by atoms with E-state index >= 15 is 0 Å². The van der Waals surface area contributed by atoms with Crippen LogP contribution >= 0.6 is 23.1 Å². The molecule has 140 valence electrons. The van der Waals surface area contributed by atoms with Gasteiger partial charge >= 0.3 is 6.18 Å². The Hall–Kier alpha value is -2.46. The van der Waals surface area contributed by atoms with Crippen LogP contribution in [0.15, 0.2) is 53.1 Å². The van der Waals surface area contributed by atoms with Crippen molar-refractivity contribution in [3.05, 3.63) is 64.4 Å². The Labute approximate surface area is 161 Å². The lowest BCUT2D eigenvalue weighted by molar-refractivity contribution is -0.141. The van der Waals surface area contributed by atoms with Crippen molar-refractivity contribution < 1.29 is 18.0 Å². The SMILES string of the molecule is O=C(Cc1nc(CSc2nccc(C(F)(F)F)n2)cs1)Nc1ccccc1. The van der Waals surface area contributed by atoms with Crippen molar-refractivity contribution in [3.8, 4) is 0 Å². The number of para-hydroxylation sites is 1. The molecule has 27 heavy (non-hydrogen) atoms. The fraction of sp³-hybridized carbons (Fsp3) is 0.176. The zero-order valence-corrected chi connectivity index (χ0v) is 15.4. The van der Waals surface area contributed by atoms with Crippen LogP contribution in [-0.2, 0) is 23.1 Å². The van der Waals surface area contributed by atoms with E-state index in [1.54, 1.807) is 17.5 Å². The van der Waals surface area contributed by atoms with Gasteiger partial charge in [-0.05, 0) is 18.2 Å². The van der Waals surface area contributed by atoms with Crippen LogP contribution < -0.4 is 5.32 Å². The molecular weight excluding hydrogens is 397 g/mol. The molecule has 0 radical (unpaired) electrons. The molecule has 0 saturated carbocycles. The van der Waals surface area contributed by atoms with Crippen molar-refractivity contribution in [1.29, 1.82) is 0 Å². The van der Waals surface area contributed by atoms with E-state index in [1.807, 2.05) is 18.2 Å². The lowest BCUT2D eigenvalue weighted by Gasteiger charge is -2.06. The van der Waals surface area contributed by atoms with Crippen LogP contribution in [-0.4, -0.2) is 20.9 Å². The number of carbonyl (C=O) groups excluding carboxylic acids is 1. The number of thiazole rings is 1. The Morgan fingerprint density at radius 1 is 1.15 bits per heavy atom. The molecule has 0 aliphatic rings. The van der Waals surface area contributed by atoms with E-state index in [1.165, 1.54) is 11.3 Å². The highest BCUT2D eigenvalue weighted by Crippen LogP contribution is 2.29. The van der Waals surface area contributed by atoms with Crippen LogP contribution in [0.4, 0.5) is 18.9 Å². The van der Waals surface area contributed by atoms with Crippen LogP contribution in [0.25, 0.3) is 0 Å². The normalized spacial score (nSPS) is 11.4. The predicted molar refractivity (Wildman–Crippen MR) is 97.5 cm³/mol. The highest BCUT2D eigenvalue weighted by molar-refractivity contribution is 7.98. The number of halogens is 3. The fourth-order valence-corrected chi connectivity index (χ4v) is 3.69. The van der Waals surface area contributed by atoms with E-state index in [4.69, 9.17) is 0 Å². The number of carbonyl (C=O) groups is 1. The molecule has 1 aromatic carbocycles. The Morgan fingerprint density at radius 3 is 2.67 bits per heavy atom. The number of benzene rings is 1. The molecule has 0 aliphatic carbocycles. The van der Waals surface area contributed by atoms with Gasteiger partial charge in [0.15, 0.2) is 5.16 Å². The van der Waals surface area contributed by atoms with E-state index in [2.05, 4.69) is 20.3 Å². The van der Waals surface area contributed by atoms with Gasteiger partial charge in [0.2, 0.25) is 5.91 Å². The van der Waals surface area contributed by atoms with Crippen LogP contribution in [0.3, 0.4) is 0 Å². The summed E-state index contributed by atoms with van der Waals surface area (Å²) in [4.78, 5) is 23.7. The minimum absolute atomic E-state index is 0.0289. The highest BCUT2D eigenvalue weighted by Gasteiger charge is 2.32. The maximum absolute atomic E-state index is 12.7. The summed E-state index contributed by atoms with van der Waals surface area (Å²) in [6, 6.07) is 9.91. The first-order valence-corrected chi connectivity index (χ1v) is 9.58. The summed E-state index contributed by atoms with van der Waals surface area (Å²) >= 11 is 2.38. The van der Waals surface area contributed by atoms with Gasteiger partial charge in [-0.2, -0.15) is 13.2 Å². The Morgan fingerprint density at radius 2 is 1.93 bits per heavy atom. The fourth-order valence-electron chi connectivity index (χ4n) is 2.07. The van der Waals surface area contributed by atoms with Crippen LogP contribution in [0.5, 0.6) is 0 Å². The second-order valence-electron chi connectivity index (χ2n) is 5.33. The predicted octanol–water partition coefficient (Wildman–Crippen LogP) is 4.43. The second-order valence-corrected chi connectivity index (χ2v) is 7.22. The molecule has 1 N–H and O–H groups in total. The maximum atomic E-state index is 12.7. The summed E-state index contributed by atoms with van der Waals surface area (Å²) in [5.74, 6) is 0.133. The van der Waals surface area contributed by atoms with Gasteiger partial charge in [-0.3, -0.25) is 4.79 Å². The molecule has 0 saturated heterocycles. The number of hydrogen-bond donors (Lipinski definition) is 1. The van der Waals surface area contributed by atoms with Crippen molar-refractivity contribution >= 4 is 34.7 Å². The molecule has 0 fully saturated rings. The summed E-state index contributed by atoms with van der Waals surface area (Å²) in [6.45, 7) is 0. The average Bonchev–Trinajstić information content (AvgIpc) is 3.07. The highest BCUT2D eigenvalue weighted by atomic mass is 32.2. The van der Waals surface area contributed by atoms with E-state index in [-0.39, 0.29) is 17.5 Å². The van der Waals surface area contributed by atoms with Gasteiger partial charge in [-0.15, -0.1) is 11.3 Å². The molecule has 0 bridgehead atoms. The average molecular weight is 410 g/mol. The molecule has 3 aromatic rings. The lowest BCUT2D eigenvalue weighted by atomic mass is 10.3. The summed E-state index contributed by atoms with van der Waals surface area (Å²) in [5.41, 5.74) is 0.390. The number of alkyl halides is 3. The molecule has 3 rings (SSSR count). The zero-order chi connectivity index (χ0) is 19.3. The van der Waals surface area contributed by atoms with Crippen molar-refractivity contribution in [2.45, 2.75) is 23.5 Å². The van der Waals surface area contributed by atoms with Crippen molar-refractivity contribution in [2.75, 3.05) is 5.32 Å². The number of nitrogens with one attached hydrogen (secondary N) is 1. The van der Waals surface area contributed by atoms with Gasteiger partial charge in [0, 0.05) is 23.0 Å². The molecular formula is C17H13F3N4OS2. The smallest absolute Gasteiger partial charge is 0.326 e. The third-order valence-corrected chi connectivity index (χ3v) is 5.03. The molecule has 2 aromatic heterocycles. The Balaban J connectivity index is 1.54. The van der Waals surface area contributed by atoms with Crippen molar-refractivity contribution in [2.24, 2.45) is 0 Å². The minimum Gasteiger partial charge on any atom is -0.326 e. The third kappa shape index (κ3) is 5.76. The number of thioether (sulfide) groups is 1. The number of amides is 1. The minimum atomic E-state index is -4.50. The van der Waals surface area contributed by atoms with E-state index in [9.17, 15) is 18.0 Å². The van der Waals surface area contributed by atoms with E-state index < -0.39 is 11.9 Å². The molecule has 0 unspecified atom stereocenters. The summed E-state index contributed by atoms with van der Waals surface area (Å²) in [6.07, 6.45) is -3.29. The van der Waals surface area contributed by atoms with E-state index in [0.717, 1.165) is 24.0 Å². The molecule has 5 nitrogen and oxygen atoms in total. The monoisotopic (exact) mass is 410 g/mol. The zero-order valence-electron chi connectivity index (χ0n) is 13.7. The quantitative estimate of drug-likeness (QED) is 0.481. The van der Waals surface area contributed by atoms with Gasteiger partial charge in [-0.25, -0.2) is 15.0 Å². The van der Waals surface area contributed by atoms with Gasteiger partial charge in [0.1, 0.15) is 10.7 Å². The summed E-state index contributed by atoms with van der Waals surface area (Å²) in [7, 11) is 0. The molecule has 0 aliphatic heterocycles. The number of aromatic nitrogens is 3. The van der Waals surface area contributed by atoms with Crippen LogP contribution in [0.1, 0.15) is 16.4 Å². The van der Waals surface area contributed by atoms with Crippen molar-refractivity contribution in [1.82, 2.24) is 15.0 Å². The first-order chi connectivity index (χ1) is 12.9. The molecule has 1 amide bonds. The molecule has 0 spiro atoms. The van der Waals surface area contributed by atoms with Gasteiger partial charge in [0.25, 0.3) is 0 Å². The van der Waals surface area contributed by atoms with Gasteiger partial charge < -0.3 is 5.32 Å². The number of hydrogen-bond acceptors (Lipinski definition) is 6. The number of nitrogens with zero attached hydrogens (tertiary/aromatic N) is 3. The van der Waals surface area contributed by atoms with Crippen LogP contribution in [0, 0.1) is 0 Å². The first kappa shape index (κ1) is 19.3. The molecule has 0 atom stereocenters. The Bertz CT molecular complexity index is 916. The number of rotatable bonds is 6. The van der Waals surface area contributed by atoms with Gasteiger partial charge in [-0.1, -0.05) is 30.0 Å². The van der Waals surface area contributed by atoms with Gasteiger partial charge in [0.05, 0.1) is 12.1 Å². The van der Waals surface area contributed by atoms with E-state index in [0.29, 0.717) is 22.1 Å². The topological polar surface area (TPSA) is 67.8 Å². The third-order valence-electron chi connectivity index (χ3n) is 3.24. The van der Waals surface area contributed by atoms with Crippen LogP contribution in [0.2, 0.25) is 0 Å². The van der Waals surface area contributed by atoms with Crippen molar-refractivity contribution in [3.63, 3.8) is 0 Å². The Kier molecular flexibility index (Phi) is 6.07. The molecule has 2 heterocycles. The first-order valence-electron chi connectivity index (χ1n) is 7.71. The summed E-state index contributed by atoms with van der Waals surface area (Å²) < 4.78 is 38.0. The largest absolute Gasteiger partial charge is 0.433 e.